The van der Waals surface area contributed by atoms with Crippen molar-refractivity contribution < 1.29 is 13.2 Å². The molecule has 0 aliphatic carbocycles. The Labute approximate surface area is 117 Å². The zero-order valence-corrected chi connectivity index (χ0v) is 12.0. The summed E-state index contributed by atoms with van der Waals surface area (Å²) in [5.41, 5.74) is 6.03. The van der Waals surface area contributed by atoms with E-state index in [2.05, 4.69) is 9.82 Å². The summed E-state index contributed by atoms with van der Waals surface area (Å²) in [7, 11) is -2.26. The first-order valence-electron chi connectivity index (χ1n) is 5.96. The lowest BCUT2D eigenvalue weighted by atomic mass is 10.3. The molecule has 0 saturated heterocycles. The van der Waals surface area contributed by atoms with Gasteiger partial charge < -0.3 is 10.5 Å². The number of hydrogen-bond donors (Lipinski definition) is 2. The number of aromatic nitrogens is 2. The van der Waals surface area contributed by atoms with Gasteiger partial charge in [0, 0.05) is 18.8 Å². The van der Waals surface area contributed by atoms with E-state index in [0.29, 0.717) is 18.0 Å². The van der Waals surface area contributed by atoms with E-state index < -0.39 is 10.0 Å². The molecular formula is C12H16N4O3S. The van der Waals surface area contributed by atoms with E-state index in [0.717, 1.165) is 0 Å². The maximum absolute atomic E-state index is 12.3. The quantitative estimate of drug-likeness (QED) is 0.866. The Morgan fingerprint density at radius 2 is 2.20 bits per heavy atom. The van der Waals surface area contributed by atoms with Gasteiger partial charge in [0.1, 0.15) is 10.6 Å². The highest BCUT2D eigenvalue weighted by molar-refractivity contribution is 7.92. The van der Waals surface area contributed by atoms with Crippen molar-refractivity contribution in [1.82, 2.24) is 9.78 Å². The Bertz CT molecular complexity index is 709. The first-order chi connectivity index (χ1) is 9.46. The van der Waals surface area contributed by atoms with Crippen LogP contribution in [-0.4, -0.2) is 25.3 Å². The number of rotatable bonds is 5. The summed E-state index contributed by atoms with van der Waals surface area (Å²) in [6.07, 6.45) is 1.40. The largest absolute Gasteiger partial charge is 0.497 e. The van der Waals surface area contributed by atoms with Crippen LogP contribution in [0.2, 0.25) is 0 Å². The van der Waals surface area contributed by atoms with Crippen LogP contribution in [0.15, 0.2) is 35.4 Å². The van der Waals surface area contributed by atoms with Crippen molar-refractivity contribution in [3.05, 3.63) is 30.5 Å². The molecule has 20 heavy (non-hydrogen) atoms. The summed E-state index contributed by atoms with van der Waals surface area (Å²) in [4.78, 5) is -0.0397. The molecule has 108 valence electrons. The van der Waals surface area contributed by atoms with Crippen LogP contribution < -0.4 is 15.2 Å². The SMILES string of the molecule is CCn1cc(S(=O)(=O)Nc2cccc(OC)c2)c(N)n1. The van der Waals surface area contributed by atoms with Gasteiger partial charge in [-0.2, -0.15) is 5.10 Å². The Balaban J connectivity index is 2.32. The lowest BCUT2D eigenvalue weighted by molar-refractivity contribution is 0.415. The van der Waals surface area contributed by atoms with Crippen molar-refractivity contribution in [3.8, 4) is 5.75 Å². The number of benzene rings is 1. The van der Waals surface area contributed by atoms with E-state index in [4.69, 9.17) is 10.5 Å². The Hall–Kier alpha value is -2.22. The Kier molecular flexibility index (Phi) is 3.84. The molecule has 1 heterocycles. The third-order valence-electron chi connectivity index (χ3n) is 2.69. The number of nitrogens with zero attached hydrogens (tertiary/aromatic N) is 2. The predicted octanol–water partition coefficient (Wildman–Crippen LogP) is 1.29. The van der Waals surface area contributed by atoms with E-state index in [9.17, 15) is 8.42 Å². The van der Waals surface area contributed by atoms with Crippen LogP contribution >= 0.6 is 0 Å². The minimum atomic E-state index is -3.77. The molecule has 2 aromatic rings. The monoisotopic (exact) mass is 296 g/mol. The van der Waals surface area contributed by atoms with Crippen LogP contribution in [0, 0.1) is 0 Å². The maximum Gasteiger partial charge on any atom is 0.267 e. The van der Waals surface area contributed by atoms with Gasteiger partial charge in [0.05, 0.1) is 12.8 Å². The highest BCUT2D eigenvalue weighted by Crippen LogP contribution is 2.23. The van der Waals surface area contributed by atoms with Gasteiger partial charge in [0.15, 0.2) is 5.82 Å². The number of aryl methyl sites for hydroxylation is 1. The van der Waals surface area contributed by atoms with E-state index >= 15 is 0 Å². The first-order valence-corrected chi connectivity index (χ1v) is 7.44. The average Bonchev–Trinajstić information content (AvgIpc) is 2.80. The molecule has 0 bridgehead atoms. The van der Waals surface area contributed by atoms with Crippen molar-refractivity contribution in [2.45, 2.75) is 18.4 Å². The molecule has 0 aliphatic heterocycles. The highest BCUT2D eigenvalue weighted by atomic mass is 32.2. The summed E-state index contributed by atoms with van der Waals surface area (Å²) in [5, 5.41) is 3.92. The average molecular weight is 296 g/mol. The van der Waals surface area contributed by atoms with Gasteiger partial charge in [-0.25, -0.2) is 8.42 Å². The molecule has 1 aromatic carbocycles. The smallest absolute Gasteiger partial charge is 0.267 e. The molecule has 2 rings (SSSR count). The number of methoxy groups -OCH3 is 1. The number of nitrogen functional groups attached to an aromatic ring is 1. The van der Waals surface area contributed by atoms with E-state index in [-0.39, 0.29) is 10.7 Å². The van der Waals surface area contributed by atoms with Crippen LogP contribution in [0.5, 0.6) is 5.75 Å². The second-order valence-electron chi connectivity index (χ2n) is 4.07. The fourth-order valence-corrected chi connectivity index (χ4v) is 2.81. The highest BCUT2D eigenvalue weighted by Gasteiger charge is 2.21. The third-order valence-corrected chi connectivity index (χ3v) is 4.09. The second kappa shape index (κ2) is 5.41. The Morgan fingerprint density at radius 1 is 1.45 bits per heavy atom. The van der Waals surface area contributed by atoms with E-state index in [1.165, 1.54) is 18.0 Å². The van der Waals surface area contributed by atoms with Gasteiger partial charge in [0.2, 0.25) is 0 Å². The van der Waals surface area contributed by atoms with Gasteiger partial charge in [0.25, 0.3) is 10.0 Å². The van der Waals surface area contributed by atoms with Crippen molar-refractivity contribution in [2.24, 2.45) is 0 Å². The number of sulfonamides is 1. The van der Waals surface area contributed by atoms with Gasteiger partial charge in [-0.1, -0.05) is 6.07 Å². The number of hydrogen-bond acceptors (Lipinski definition) is 5. The molecule has 0 spiro atoms. The summed E-state index contributed by atoms with van der Waals surface area (Å²) in [5.74, 6) is 0.532. The normalized spacial score (nSPS) is 11.3. The fourth-order valence-electron chi connectivity index (χ4n) is 1.68. The zero-order chi connectivity index (χ0) is 14.8. The van der Waals surface area contributed by atoms with Crippen molar-refractivity contribution >= 4 is 21.5 Å². The molecule has 0 fully saturated rings. The topological polar surface area (TPSA) is 99.2 Å². The molecule has 0 aliphatic rings. The molecule has 8 heteroatoms. The van der Waals surface area contributed by atoms with Crippen molar-refractivity contribution in [1.29, 1.82) is 0 Å². The number of ether oxygens (including phenoxy) is 1. The number of nitrogens with two attached hydrogens (primary N) is 1. The molecule has 7 nitrogen and oxygen atoms in total. The Morgan fingerprint density at radius 3 is 2.80 bits per heavy atom. The zero-order valence-electron chi connectivity index (χ0n) is 11.2. The summed E-state index contributed by atoms with van der Waals surface area (Å²) < 4.78 is 33.5. The molecule has 0 amide bonds. The minimum absolute atomic E-state index is 0.0257. The van der Waals surface area contributed by atoms with Crippen LogP contribution in [0.1, 0.15) is 6.92 Å². The van der Waals surface area contributed by atoms with Gasteiger partial charge in [-0.15, -0.1) is 0 Å². The molecule has 0 atom stereocenters. The lowest BCUT2D eigenvalue weighted by Crippen LogP contribution is -2.13. The second-order valence-corrected chi connectivity index (χ2v) is 5.72. The molecule has 0 radical (unpaired) electrons. The van der Waals surface area contributed by atoms with Crippen LogP contribution in [-0.2, 0) is 16.6 Å². The maximum atomic E-state index is 12.3. The molecule has 3 N–H and O–H groups in total. The standard InChI is InChI=1S/C12H16N4O3S/c1-3-16-8-11(12(13)14-16)20(17,18)15-9-5-4-6-10(7-9)19-2/h4-8,15H,3H2,1-2H3,(H2,13,14). The third kappa shape index (κ3) is 2.85. The van der Waals surface area contributed by atoms with E-state index in [1.54, 1.807) is 24.3 Å². The van der Waals surface area contributed by atoms with Crippen molar-refractivity contribution in [3.63, 3.8) is 0 Å². The van der Waals surface area contributed by atoms with Gasteiger partial charge in [-0.05, 0) is 19.1 Å². The predicted molar refractivity (Wildman–Crippen MR) is 76.1 cm³/mol. The van der Waals surface area contributed by atoms with Crippen LogP contribution in [0.4, 0.5) is 11.5 Å². The first kappa shape index (κ1) is 14.2. The van der Waals surface area contributed by atoms with Crippen LogP contribution in [0.3, 0.4) is 0 Å². The summed E-state index contributed by atoms with van der Waals surface area (Å²) in [6.45, 7) is 2.39. The van der Waals surface area contributed by atoms with Crippen LogP contribution in [0.25, 0.3) is 0 Å². The summed E-state index contributed by atoms with van der Waals surface area (Å²) in [6, 6.07) is 6.62. The molecular weight excluding hydrogens is 280 g/mol. The molecule has 0 saturated carbocycles. The molecule has 0 unspecified atom stereocenters. The van der Waals surface area contributed by atoms with E-state index in [1.807, 2.05) is 6.92 Å². The molecule has 1 aromatic heterocycles. The minimum Gasteiger partial charge on any atom is -0.497 e. The number of nitrogens with one attached hydrogen (secondary N) is 1. The lowest BCUT2D eigenvalue weighted by Gasteiger charge is -2.08. The summed E-state index contributed by atoms with van der Waals surface area (Å²) >= 11 is 0. The van der Waals surface area contributed by atoms with Gasteiger partial charge >= 0.3 is 0 Å². The van der Waals surface area contributed by atoms with Crippen molar-refractivity contribution in [2.75, 3.05) is 17.6 Å². The fraction of sp³-hybridized carbons (Fsp3) is 0.250. The van der Waals surface area contributed by atoms with Gasteiger partial charge in [-0.3, -0.25) is 9.40 Å². The number of anilines is 2.